The Balaban J connectivity index is 1.72. The van der Waals surface area contributed by atoms with E-state index < -0.39 is 0 Å². The molecule has 3 atom stereocenters. The molecule has 0 saturated carbocycles. The van der Waals surface area contributed by atoms with Gasteiger partial charge in [-0.25, -0.2) is 4.98 Å². The van der Waals surface area contributed by atoms with Crippen LogP contribution in [0.1, 0.15) is 137 Å². The monoisotopic (exact) mass is 609 g/mol. The fourth-order valence-electron chi connectivity index (χ4n) is 7.61. The van der Waals surface area contributed by atoms with Crippen molar-refractivity contribution in [3.8, 4) is 22.5 Å². The molecule has 3 unspecified atom stereocenters. The molecule has 0 aliphatic carbocycles. The van der Waals surface area contributed by atoms with E-state index in [9.17, 15) is 0 Å². The number of aromatic nitrogens is 2. The molecule has 5 aromatic rings. The summed E-state index contributed by atoms with van der Waals surface area (Å²) >= 11 is 0. The van der Waals surface area contributed by atoms with E-state index in [2.05, 4.69) is 163 Å². The molecular weight excluding hydrogens is 558 g/mol. The molecule has 0 radical (unpaired) electrons. The lowest BCUT2D eigenvalue weighted by Crippen LogP contribution is -2.22. The van der Waals surface area contributed by atoms with Crippen LogP contribution in [0.4, 0.5) is 5.69 Å². The summed E-state index contributed by atoms with van der Waals surface area (Å²) in [6.45, 7) is 18.9. The molecule has 0 fully saturated rings. The molecule has 3 nitrogen and oxygen atoms in total. The molecule has 3 heteroatoms. The fraction of sp³-hybridized carbons (Fsp3) is 0.372. The van der Waals surface area contributed by atoms with Gasteiger partial charge in [0, 0.05) is 23.9 Å². The maximum atomic E-state index is 5.63. The summed E-state index contributed by atoms with van der Waals surface area (Å²) in [5.41, 5.74) is 14.3. The zero-order valence-electron chi connectivity index (χ0n) is 29.2. The SMILES string of the molecule is CC(C)c1cc(C(C)C)c2c(c1)C(C)CC(C)c1cccc(C(C)C)c1NC2c1nc(-c2ccccc2)c(-c2ccccc2)n1C. The molecule has 6 rings (SSSR count). The zero-order chi connectivity index (χ0) is 32.7. The van der Waals surface area contributed by atoms with E-state index in [4.69, 9.17) is 4.98 Å². The second-order valence-electron chi connectivity index (χ2n) is 14.5. The van der Waals surface area contributed by atoms with Gasteiger partial charge < -0.3 is 9.88 Å². The molecule has 0 spiro atoms. The summed E-state index contributed by atoms with van der Waals surface area (Å²) in [4.78, 5) is 5.63. The average Bonchev–Trinajstić information content (AvgIpc) is 3.41. The first-order valence-corrected chi connectivity index (χ1v) is 17.3. The zero-order valence-corrected chi connectivity index (χ0v) is 29.2. The van der Waals surface area contributed by atoms with E-state index in [1.807, 2.05) is 0 Å². The van der Waals surface area contributed by atoms with E-state index in [1.165, 1.54) is 44.6 Å². The molecule has 1 N–H and O–H groups in total. The van der Waals surface area contributed by atoms with Crippen LogP contribution in [-0.2, 0) is 7.05 Å². The predicted molar refractivity (Wildman–Crippen MR) is 196 cm³/mol. The van der Waals surface area contributed by atoms with Crippen molar-refractivity contribution in [3.63, 3.8) is 0 Å². The van der Waals surface area contributed by atoms with Gasteiger partial charge in [-0.3, -0.25) is 0 Å². The van der Waals surface area contributed by atoms with Crippen molar-refractivity contribution in [3.05, 3.63) is 130 Å². The topological polar surface area (TPSA) is 29.9 Å². The van der Waals surface area contributed by atoms with Gasteiger partial charge in [-0.15, -0.1) is 0 Å². The standard InChI is InChI=1S/C43H51N3/c1-26(2)33-24-36(28(5)6)38-37(25-33)30(8)23-29(7)35-22-16-21-34(27(3)4)40(35)44-41(38)43-45-39(31-17-12-10-13-18-31)42(46(43)9)32-19-14-11-15-20-32/h10-22,24-30,41,44H,23H2,1-9H3. The van der Waals surface area contributed by atoms with Crippen LogP contribution in [0.3, 0.4) is 0 Å². The van der Waals surface area contributed by atoms with E-state index in [1.54, 1.807) is 0 Å². The predicted octanol–water partition coefficient (Wildman–Crippen LogP) is 11.9. The van der Waals surface area contributed by atoms with E-state index in [0.717, 1.165) is 29.2 Å². The van der Waals surface area contributed by atoms with Gasteiger partial charge in [-0.1, -0.05) is 146 Å². The average molecular weight is 610 g/mol. The van der Waals surface area contributed by atoms with Crippen molar-refractivity contribution in [2.24, 2.45) is 7.05 Å². The Morgan fingerprint density at radius 2 is 1.28 bits per heavy atom. The van der Waals surface area contributed by atoms with Crippen LogP contribution in [0.2, 0.25) is 0 Å². The lowest BCUT2D eigenvalue weighted by Gasteiger charge is -2.30. The number of hydrogen-bond acceptors (Lipinski definition) is 2. The maximum Gasteiger partial charge on any atom is 0.136 e. The number of rotatable bonds is 6. The molecule has 4 aromatic carbocycles. The number of para-hydroxylation sites is 1. The van der Waals surface area contributed by atoms with Gasteiger partial charge in [0.2, 0.25) is 0 Å². The summed E-state index contributed by atoms with van der Waals surface area (Å²) in [6, 6.07) is 33.3. The molecule has 1 aliphatic rings. The summed E-state index contributed by atoms with van der Waals surface area (Å²) in [5, 5.41) is 4.26. The minimum Gasteiger partial charge on any atom is -0.371 e. The quantitative estimate of drug-likeness (QED) is 0.207. The first kappa shape index (κ1) is 31.9. The van der Waals surface area contributed by atoms with Gasteiger partial charge in [0.25, 0.3) is 0 Å². The van der Waals surface area contributed by atoms with Gasteiger partial charge in [0.15, 0.2) is 0 Å². The van der Waals surface area contributed by atoms with Crippen molar-refractivity contribution in [1.29, 1.82) is 0 Å². The van der Waals surface area contributed by atoms with Crippen LogP contribution in [0, 0.1) is 0 Å². The van der Waals surface area contributed by atoms with E-state index in [-0.39, 0.29) is 6.04 Å². The number of anilines is 1. The maximum absolute atomic E-state index is 5.63. The summed E-state index contributed by atoms with van der Waals surface area (Å²) < 4.78 is 2.36. The fourth-order valence-corrected chi connectivity index (χ4v) is 7.61. The van der Waals surface area contributed by atoms with Crippen molar-refractivity contribution < 1.29 is 0 Å². The van der Waals surface area contributed by atoms with Crippen LogP contribution in [0.15, 0.2) is 91.0 Å². The van der Waals surface area contributed by atoms with Crippen molar-refractivity contribution in [1.82, 2.24) is 9.55 Å². The molecular formula is C43H51N3. The first-order chi connectivity index (χ1) is 22.1. The number of imidazole rings is 1. The number of nitrogens with one attached hydrogen (secondary N) is 1. The molecule has 0 saturated heterocycles. The van der Waals surface area contributed by atoms with Crippen LogP contribution in [-0.4, -0.2) is 9.55 Å². The number of fused-ring (bicyclic) bond motifs is 2. The van der Waals surface area contributed by atoms with Crippen molar-refractivity contribution in [2.75, 3.05) is 5.32 Å². The normalized spacial score (nSPS) is 18.1. The summed E-state index contributed by atoms with van der Waals surface area (Å²) in [7, 11) is 2.21. The molecule has 2 heterocycles. The molecule has 1 aliphatic heterocycles. The minimum atomic E-state index is -0.134. The van der Waals surface area contributed by atoms with Crippen molar-refractivity contribution >= 4 is 5.69 Å². The number of hydrogen-bond donors (Lipinski definition) is 1. The lowest BCUT2D eigenvalue weighted by atomic mass is 9.79. The molecule has 0 bridgehead atoms. The Kier molecular flexibility index (Phi) is 8.97. The third-order valence-corrected chi connectivity index (χ3v) is 10.1. The Morgan fingerprint density at radius 1 is 0.674 bits per heavy atom. The highest BCUT2D eigenvalue weighted by molar-refractivity contribution is 5.79. The minimum absolute atomic E-state index is 0.134. The van der Waals surface area contributed by atoms with Gasteiger partial charge >= 0.3 is 0 Å². The van der Waals surface area contributed by atoms with Crippen molar-refractivity contribution in [2.45, 2.75) is 97.4 Å². The van der Waals surface area contributed by atoms with E-state index >= 15 is 0 Å². The van der Waals surface area contributed by atoms with Gasteiger partial charge in [-0.2, -0.15) is 0 Å². The Morgan fingerprint density at radius 3 is 1.89 bits per heavy atom. The molecule has 46 heavy (non-hydrogen) atoms. The van der Waals surface area contributed by atoms with Gasteiger partial charge in [0.05, 0.1) is 11.4 Å². The second-order valence-corrected chi connectivity index (χ2v) is 14.5. The first-order valence-electron chi connectivity index (χ1n) is 17.3. The third kappa shape index (κ3) is 5.81. The van der Waals surface area contributed by atoms with Gasteiger partial charge in [0.1, 0.15) is 11.9 Å². The van der Waals surface area contributed by atoms with Crippen LogP contribution in [0.5, 0.6) is 0 Å². The molecule has 238 valence electrons. The third-order valence-electron chi connectivity index (χ3n) is 10.1. The van der Waals surface area contributed by atoms with Crippen LogP contribution >= 0.6 is 0 Å². The van der Waals surface area contributed by atoms with Crippen LogP contribution < -0.4 is 5.32 Å². The number of benzene rings is 4. The van der Waals surface area contributed by atoms with E-state index in [0.29, 0.717) is 29.6 Å². The molecule has 1 aromatic heterocycles. The molecule has 0 amide bonds. The largest absolute Gasteiger partial charge is 0.371 e. The lowest BCUT2D eigenvalue weighted by molar-refractivity contribution is 0.588. The van der Waals surface area contributed by atoms with Gasteiger partial charge in [-0.05, 0) is 69.4 Å². The smallest absolute Gasteiger partial charge is 0.136 e. The van der Waals surface area contributed by atoms with Crippen LogP contribution in [0.25, 0.3) is 22.5 Å². The highest BCUT2D eigenvalue weighted by Crippen LogP contribution is 2.47. The second kappa shape index (κ2) is 12.9. The summed E-state index contributed by atoms with van der Waals surface area (Å²) in [6.07, 6.45) is 1.10. The number of nitrogens with zero attached hydrogens (tertiary/aromatic N) is 2. The highest BCUT2D eigenvalue weighted by Gasteiger charge is 2.34. The summed E-state index contributed by atoms with van der Waals surface area (Å²) in [5.74, 6) is 3.06. The Hall–Kier alpha value is -4.11. The Labute approximate surface area is 277 Å². The highest BCUT2D eigenvalue weighted by atomic mass is 15.1. The Bertz CT molecular complexity index is 1810.